The molecule has 0 aliphatic rings. The maximum Gasteiger partial charge on any atom is 0.249 e. The van der Waals surface area contributed by atoms with Crippen molar-refractivity contribution in [2.75, 3.05) is 20.6 Å². The fourth-order valence-corrected chi connectivity index (χ4v) is 0.704. The third-order valence-electron chi connectivity index (χ3n) is 1.62. The van der Waals surface area contributed by atoms with Crippen molar-refractivity contribution in [2.45, 2.75) is 18.9 Å². The molecule has 0 aromatic rings. The predicted molar refractivity (Wildman–Crippen MR) is 47.3 cm³/mol. The van der Waals surface area contributed by atoms with Crippen LogP contribution in [0.5, 0.6) is 0 Å². The van der Waals surface area contributed by atoms with Gasteiger partial charge in [-0.15, -0.1) is 0 Å². The molecule has 4 nitrogen and oxygen atoms in total. The summed E-state index contributed by atoms with van der Waals surface area (Å²) in [6, 6.07) is 0. The molecule has 1 amide bonds. The lowest BCUT2D eigenvalue weighted by Gasteiger charge is -2.19. The number of nitrogens with zero attached hydrogens (tertiary/aromatic N) is 1. The highest BCUT2D eigenvalue weighted by Crippen LogP contribution is 2.09. The van der Waals surface area contributed by atoms with Crippen LogP contribution in [0.2, 0.25) is 0 Å². The molecule has 0 aromatic carbocycles. The van der Waals surface area contributed by atoms with E-state index in [9.17, 15) is 9.90 Å². The van der Waals surface area contributed by atoms with Crippen LogP contribution < -0.4 is 5.73 Å². The highest BCUT2D eigenvalue weighted by Gasteiger charge is 2.26. The Kier molecular flexibility index (Phi) is 4.20. The molecule has 0 aromatic heterocycles. The lowest BCUT2D eigenvalue weighted by atomic mass is 10.00. The summed E-state index contributed by atoms with van der Waals surface area (Å²) in [6.07, 6.45) is 2.16. The van der Waals surface area contributed by atoms with Gasteiger partial charge in [-0.25, -0.2) is 0 Å². The summed E-state index contributed by atoms with van der Waals surface area (Å²) in [7, 11) is 3.85. The first-order valence-electron chi connectivity index (χ1n) is 3.87. The maximum absolute atomic E-state index is 10.6. The summed E-state index contributed by atoms with van der Waals surface area (Å²) in [5, 5.41) is 9.36. The van der Waals surface area contributed by atoms with Crippen molar-refractivity contribution in [3.8, 4) is 0 Å². The van der Waals surface area contributed by atoms with Crippen molar-refractivity contribution in [1.82, 2.24) is 4.90 Å². The summed E-state index contributed by atoms with van der Waals surface area (Å²) < 4.78 is 0. The van der Waals surface area contributed by atoms with E-state index in [0.717, 1.165) is 6.54 Å². The number of rotatable bonds is 5. The number of nitrogens with two attached hydrogens (primary N) is 1. The zero-order valence-corrected chi connectivity index (χ0v) is 7.87. The molecule has 1 atom stereocenters. The molecular formula is C8H17N2O2. The normalized spacial score (nSPS) is 16.1. The van der Waals surface area contributed by atoms with Gasteiger partial charge in [0.15, 0.2) is 0 Å². The molecule has 0 spiro atoms. The van der Waals surface area contributed by atoms with Gasteiger partial charge in [0.25, 0.3) is 0 Å². The van der Waals surface area contributed by atoms with Crippen molar-refractivity contribution in [3.05, 3.63) is 6.42 Å². The van der Waals surface area contributed by atoms with E-state index in [1.165, 1.54) is 13.3 Å². The zero-order chi connectivity index (χ0) is 9.78. The van der Waals surface area contributed by atoms with E-state index >= 15 is 0 Å². The zero-order valence-electron chi connectivity index (χ0n) is 7.87. The lowest BCUT2D eigenvalue weighted by Crippen LogP contribution is -2.41. The van der Waals surface area contributed by atoms with Gasteiger partial charge >= 0.3 is 0 Å². The number of hydrogen-bond acceptors (Lipinski definition) is 3. The third-order valence-corrected chi connectivity index (χ3v) is 1.62. The van der Waals surface area contributed by atoms with Gasteiger partial charge in [-0.3, -0.25) is 4.79 Å². The van der Waals surface area contributed by atoms with Crippen LogP contribution in [-0.2, 0) is 4.79 Å². The molecule has 0 bridgehead atoms. The lowest BCUT2D eigenvalue weighted by molar-refractivity contribution is -0.131. The van der Waals surface area contributed by atoms with E-state index in [-0.39, 0.29) is 0 Å². The highest BCUT2D eigenvalue weighted by atomic mass is 16.3. The average Bonchev–Trinajstić information content (AvgIpc) is 1.85. The minimum Gasteiger partial charge on any atom is -0.380 e. The van der Waals surface area contributed by atoms with Crippen molar-refractivity contribution >= 4 is 5.91 Å². The summed E-state index contributed by atoms with van der Waals surface area (Å²) >= 11 is 0. The minimum absolute atomic E-state index is 0.642. The monoisotopic (exact) mass is 173 g/mol. The Balaban J connectivity index is 3.69. The number of carbonyl (C=O) groups excluding carboxylic acids is 1. The van der Waals surface area contributed by atoms with Crippen molar-refractivity contribution < 1.29 is 9.90 Å². The van der Waals surface area contributed by atoms with Gasteiger partial charge in [0.2, 0.25) is 5.91 Å². The van der Waals surface area contributed by atoms with Gasteiger partial charge in [-0.05, 0) is 34.0 Å². The number of carbonyl (C=O) groups is 1. The molecule has 1 radical (unpaired) electrons. The Morgan fingerprint density at radius 3 is 2.50 bits per heavy atom. The predicted octanol–water partition coefficient (Wildman–Crippen LogP) is -0.621. The number of amides is 1. The van der Waals surface area contributed by atoms with Crippen molar-refractivity contribution in [3.63, 3.8) is 0 Å². The first-order chi connectivity index (χ1) is 5.36. The Morgan fingerprint density at radius 1 is 1.67 bits per heavy atom. The first kappa shape index (κ1) is 11.4. The van der Waals surface area contributed by atoms with Gasteiger partial charge in [0.05, 0.1) is 0 Å². The standard InChI is InChI=1S/C8H17N2O2/c1-8(12,7(9)11)5-4-6-10(2)3/h5,12H,4,6H2,1-3H3,(H2,9,11). The Morgan fingerprint density at radius 2 is 2.17 bits per heavy atom. The molecule has 0 saturated heterocycles. The van der Waals surface area contributed by atoms with Crippen LogP contribution in [-0.4, -0.2) is 42.2 Å². The average molecular weight is 173 g/mol. The molecule has 12 heavy (non-hydrogen) atoms. The molecule has 4 heteroatoms. The smallest absolute Gasteiger partial charge is 0.249 e. The van der Waals surface area contributed by atoms with Gasteiger partial charge in [-0.2, -0.15) is 0 Å². The van der Waals surface area contributed by atoms with E-state index in [1.54, 1.807) is 0 Å². The molecule has 1 unspecified atom stereocenters. The summed E-state index contributed by atoms with van der Waals surface area (Å²) in [5.41, 5.74) is 3.48. The fourth-order valence-electron chi connectivity index (χ4n) is 0.704. The molecule has 0 aliphatic carbocycles. The second kappa shape index (κ2) is 4.42. The van der Waals surface area contributed by atoms with Crippen LogP contribution in [0, 0.1) is 6.42 Å². The number of aliphatic hydroxyl groups is 1. The van der Waals surface area contributed by atoms with Crippen LogP contribution in [0.1, 0.15) is 13.3 Å². The van der Waals surface area contributed by atoms with E-state index in [4.69, 9.17) is 5.73 Å². The SMILES string of the molecule is CN(C)CC[CH]C(C)(O)C(N)=O. The molecule has 71 valence electrons. The topological polar surface area (TPSA) is 66.6 Å². The third kappa shape index (κ3) is 4.31. The Bertz CT molecular complexity index is 155. The summed E-state index contributed by atoms with van der Waals surface area (Å²) in [6.45, 7) is 2.19. The van der Waals surface area contributed by atoms with Crippen molar-refractivity contribution in [1.29, 1.82) is 0 Å². The van der Waals surface area contributed by atoms with Crippen LogP contribution in [0.25, 0.3) is 0 Å². The van der Waals surface area contributed by atoms with E-state index < -0.39 is 11.5 Å². The quantitative estimate of drug-likeness (QED) is 0.582. The molecule has 0 fully saturated rings. The fraction of sp³-hybridized carbons (Fsp3) is 0.750. The van der Waals surface area contributed by atoms with Crippen LogP contribution >= 0.6 is 0 Å². The van der Waals surface area contributed by atoms with E-state index in [1.807, 2.05) is 19.0 Å². The summed E-state index contributed by atoms with van der Waals surface area (Å²) in [5.74, 6) is -0.707. The van der Waals surface area contributed by atoms with Gasteiger partial charge < -0.3 is 15.7 Å². The number of primary amides is 1. The van der Waals surface area contributed by atoms with E-state index in [2.05, 4.69) is 0 Å². The molecule has 3 N–H and O–H groups in total. The first-order valence-corrected chi connectivity index (χ1v) is 3.87. The molecule has 0 aliphatic heterocycles. The minimum atomic E-state index is -1.48. The van der Waals surface area contributed by atoms with E-state index in [0.29, 0.717) is 6.42 Å². The molecule has 0 saturated carbocycles. The van der Waals surface area contributed by atoms with Gasteiger partial charge in [-0.1, -0.05) is 0 Å². The summed E-state index contributed by atoms with van der Waals surface area (Å²) in [4.78, 5) is 12.6. The van der Waals surface area contributed by atoms with Gasteiger partial charge in [0, 0.05) is 6.42 Å². The Hall–Kier alpha value is -0.610. The van der Waals surface area contributed by atoms with Crippen LogP contribution in [0.3, 0.4) is 0 Å². The number of hydrogen-bond donors (Lipinski definition) is 2. The van der Waals surface area contributed by atoms with Crippen LogP contribution in [0.4, 0.5) is 0 Å². The second-order valence-electron chi connectivity index (χ2n) is 3.31. The largest absolute Gasteiger partial charge is 0.380 e. The molecular weight excluding hydrogens is 156 g/mol. The Labute approximate surface area is 73.3 Å². The van der Waals surface area contributed by atoms with Crippen molar-refractivity contribution in [2.24, 2.45) is 5.73 Å². The van der Waals surface area contributed by atoms with Crippen LogP contribution in [0.15, 0.2) is 0 Å². The highest BCUT2D eigenvalue weighted by molar-refractivity contribution is 5.84. The molecule has 0 rings (SSSR count). The molecule has 0 heterocycles. The maximum atomic E-state index is 10.6. The second-order valence-corrected chi connectivity index (χ2v) is 3.31. The van der Waals surface area contributed by atoms with Gasteiger partial charge in [0.1, 0.15) is 5.60 Å².